The van der Waals surface area contributed by atoms with Gasteiger partial charge in [-0.05, 0) is 30.5 Å². The van der Waals surface area contributed by atoms with E-state index < -0.39 is 0 Å². The summed E-state index contributed by atoms with van der Waals surface area (Å²) in [5.41, 5.74) is 9.07. The van der Waals surface area contributed by atoms with Crippen molar-refractivity contribution in [3.63, 3.8) is 0 Å². The Morgan fingerprint density at radius 1 is 1.33 bits per heavy atom. The van der Waals surface area contributed by atoms with Crippen molar-refractivity contribution in [1.29, 1.82) is 0 Å². The first-order valence-corrected chi connectivity index (χ1v) is 5.54. The predicted molar refractivity (Wildman–Crippen MR) is 62.7 cm³/mol. The molecule has 2 N–H and O–H groups in total. The average Bonchev–Trinajstić information content (AvgIpc) is 2.68. The van der Waals surface area contributed by atoms with Gasteiger partial charge >= 0.3 is 0 Å². The number of nitrogens with two attached hydrogens (primary N) is 1. The molecule has 0 aliphatic rings. The Hall–Kier alpha value is -1.28. The summed E-state index contributed by atoms with van der Waals surface area (Å²) in [7, 11) is 0. The minimum absolute atomic E-state index is 0.546. The monoisotopic (exact) mass is 203 g/mol. The van der Waals surface area contributed by atoms with Gasteiger partial charge in [-0.1, -0.05) is 19.4 Å². The van der Waals surface area contributed by atoms with Crippen molar-refractivity contribution in [1.82, 2.24) is 0 Å². The molecule has 0 spiro atoms. The van der Waals surface area contributed by atoms with E-state index in [1.54, 1.807) is 6.26 Å². The van der Waals surface area contributed by atoms with Crippen LogP contribution in [0.1, 0.15) is 30.9 Å². The van der Waals surface area contributed by atoms with Gasteiger partial charge in [0, 0.05) is 17.5 Å². The maximum Gasteiger partial charge on any atom is 0.134 e. The molecule has 2 nitrogen and oxygen atoms in total. The number of rotatable bonds is 4. The van der Waals surface area contributed by atoms with Crippen LogP contribution in [0, 0.1) is 0 Å². The van der Waals surface area contributed by atoms with Crippen LogP contribution in [0.2, 0.25) is 0 Å². The van der Waals surface area contributed by atoms with Crippen molar-refractivity contribution in [3.05, 3.63) is 35.6 Å². The highest BCUT2D eigenvalue weighted by Crippen LogP contribution is 2.22. The third-order valence-corrected chi connectivity index (χ3v) is 2.76. The molecule has 0 fully saturated rings. The molecular formula is C13H17NO. The van der Waals surface area contributed by atoms with Crippen LogP contribution in [0.4, 0.5) is 0 Å². The lowest BCUT2D eigenvalue weighted by molar-refractivity contribution is 0.610. The molecule has 80 valence electrons. The molecule has 1 aromatic heterocycles. The van der Waals surface area contributed by atoms with E-state index in [-0.39, 0.29) is 0 Å². The molecule has 0 aliphatic carbocycles. The number of hydrogen-bond donors (Lipinski definition) is 1. The summed E-state index contributed by atoms with van der Waals surface area (Å²) in [5.74, 6) is 0. The van der Waals surface area contributed by atoms with Gasteiger partial charge in [0.2, 0.25) is 0 Å². The Balaban J connectivity index is 2.35. The third kappa shape index (κ3) is 2.05. The maximum atomic E-state index is 5.65. The Labute approximate surface area is 90.1 Å². The minimum Gasteiger partial charge on any atom is -0.464 e. The zero-order valence-corrected chi connectivity index (χ0v) is 9.12. The maximum absolute atomic E-state index is 5.65. The molecule has 2 rings (SSSR count). The molecule has 2 heteroatoms. The number of aryl methyl sites for hydroxylation is 1. The van der Waals surface area contributed by atoms with Gasteiger partial charge in [0.1, 0.15) is 5.58 Å². The summed E-state index contributed by atoms with van der Waals surface area (Å²) in [5, 5.41) is 1.17. The van der Waals surface area contributed by atoms with Gasteiger partial charge in [-0.2, -0.15) is 0 Å². The van der Waals surface area contributed by atoms with Crippen LogP contribution in [0.3, 0.4) is 0 Å². The Morgan fingerprint density at radius 2 is 2.20 bits per heavy atom. The second-order valence-corrected chi connectivity index (χ2v) is 3.90. The van der Waals surface area contributed by atoms with Crippen molar-refractivity contribution in [3.8, 4) is 0 Å². The van der Waals surface area contributed by atoms with Gasteiger partial charge in [0.05, 0.1) is 6.26 Å². The fourth-order valence-corrected chi connectivity index (χ4v) is 1.82. The first-order chi connectivity index (χ1) is 7.35. The van der Waals surface area contributed by atoms with E-state index in [1.807, 2.05) is 6.07 Å². The molecule has 0 aliphatic heterocycles. The number of benzene rings is 1. The topological polar surface area (TPSA) is 39.2 Å². The van der Waals surface area contributed by atoms with Gasteiger partial charge in [-0.15, -0.1) is 0 Å². The summed E-state index contributed by atoms with van der Waals surface area (Å²) < 4.78 is 5.42. The number of fused-ring (bicyclic) bond motifs is 1. The van der Waals surface area contributed by atoms with Crippen LogP contribution in [0.15, 0.2) is 28.9 Å². The number of furan rings is 1. The van der Waals surface area contributed by atoms with Crippen molar-refractivity contribution >= 4 is 11.0 Å². The standard InChI is InChI=1S/C13H17NO/c1-2-3-4-10-5-6-13-12(7-10)11(8-14)9-15-13/h5-7,9H,2-4,8,14H2,1H3. The molecule has 1 aromatic carbocycles. The van der Waals surface area contributed by atoms with Crippen molar-refractivity contribution < 1.29 is 4.42 Å². The second kappa shape index (κ2) is 4.49. The molecule has 2 aromatic rings. The molecular weight excluding hydrogens is 186 g/mol. The molecule has 0 radical (unpaired) electrons. The number of unbranched alkanes of at least 4 members (excludes halogenated alkanes) is 1. The lowest BCUT2D eigenvalue weighted by Gasteiger charge is -2.00. The van der Waals surface area contributed by atoms with Crippen LogP contribution in [0.25, 0.3) is 11.0 Å². The van der Waals surface area contributed by atoms with E-state index in [0.717, 1.165) is 17.6 Å². The normalized spacial score (nSPS) is 11.1. The summed E-state index contributed by atoms with van der Waals surface area (Å²) in [4.78, 5) is 0. The van der Waals surface area contributed by atoms with Gasteiger partial charge in [-0.3, -0.25) is 0 Å². The summed E-state index contributed by atoms with van der Waals surface area (Å²) >= 11 is 0. The molecule has 0 atom stereocenters. The predicted octanol–water partition coefficient (Wildman–Crippen LogP) is 3.23. The Kier molecular flexibility index (Phi) is 3.07. The molecule has 15 heavy (non-hydrogen) atoms. The lowest BCUT2D eigenvalue weighted by atomic mass is 10.0. The van der Waals surface area contributed by atoms with Gasteiger partial charge in [0.15, 0.2) is 0 Å². The number of hydrogen-bond acceptors (Lipinski definition) is 2. The van der Waals surface area contributed by atoms with Gasteiger partial charge in [0.25, 0.3) is 0 Å². The molecule has 1 heterocycles. The van der Waals surface area contributed by atoms with Crippen molar-refractivity contribution in [2.75, 3.05) is 0 Å². The van der Waals surface area contributed by atoms with Crippen LogP contribution in [-0.4, -0.2) is 0 Å². The van der Waals surface area contributed by atoms with E-state index >= 15 is 0 Å². The zero-order chi connectivity index (χ0) is 10.7. The van der Waals surface area contributed by atoms with Crippen LogP contribution in [0.5, 0.6) is 0 Å². The van der Waals surface area contributed by atoms with Gasteiger partial charge < -0.3 is 10.2 Å². The first-order valence-electron chi connectivity index (χ1n) is 5.54. The highest BCUT2D eigenvalue weighted by atomic mass is 16.3. The third-order valence-electron chi connectivity index (χ3n) is 2.76. The summed E-state index contributed by atoms with van der Waals surface area (Å²) in [6.45, 7) is 2.76. The van der Waals surface area contributed by atoms with Crippen LogP contribution in [-0.2, 0) is 13.0 Å². The van der Waals surface area contributed by atoms with Crippen LogP contribution < -0.4 is 5.73 Å². The lowest BCUT2D eigenvalue weighted by Crippen LogP contribution is -1.94. The quantitative estimate of drug-likeness (QED) is 0.828. The van der Waals surface area contributed by atoms with E-state index in [4.69, 9.17) is 10.2 Å². The molecule has 0 bridgehead atoms. The largest absolute Gasteiger partial charge is 0.464 e. The highest BCUT2D eigenvalue weighted by molar-refractivity contribution is 5.81. The molecule has 0 saturated carbocycles. The van der Waals surface area contributed by atoms with E-state index in [1.165, 1.54) is 23.8 Å². The molecule has 0 amide bonds. The fraction of sp³-hybridized carbons (Fsp3) is 0.385. The average molecular weight is 203 g/mol. The minimum atomic E-state index is 0.546. The smallest absolute Gasteiger partial charge is 0.134 e. The Morgan fingerprint density at radius 3 is 2.93 bits per heavy atom. The fourth-order valence-electron chi connectivity index (χ4n) is 1.82. The zero-order valence-electron chi connectivity index (χ0n) is 9.12. The van der Waals surface area contributed by atoms with E-state index in [9.17, 15) is 0 Å². The van der Waals surface area contributed by atoms with Crippen molar-refractivity contribution in [2.45, 2.75) is 32.7 Å². The van der Waals surface area contributed by atoms with Crippen molar-refractivity contribution in [2.24, 2.45) is 5.73 Å². The Bertz CT molecular complexity index is 445. The van der Waals surface area contributed by atoms with E-state index in [0.29, 0.717) is 6.54 Å². The molecule has 0 saturated heterocycles. The first kappa shape index (κ1) is 10.2. The van der Waals surface area contributed by atoms with Gasteiger partial charge in [-0.25, -0.2) is 0 Å². The van der Waals surface area contributed by atoms with E-state index in [2.05, 4.69) is 19.1 Å². The second-order valence-electron chi connectivity index (χ2n) is 3.90. The summed E-state index contributed by atoms with van der Waals surface area (Å²) in [6.07, 6.45) is 5.37. The highest BCUT2D eigenvalue weighted by Gasteiger charge is 2.04. The SMILES string of the molecule is CCCCc1ccc2occ(CN)c2c1. The van der Waals surface area contributed by atoms with Crippen LogP contribution >= 0.6 is 0 Å². The summed E-state index contributed by atoms with van der Waals surface area (Å²) in [6, 6.07) is 6.39. The molecule has 0 unspecified atom stereocenters.